The van der Waals surface area contributed by atoms with Crippen molar-refractivity contribution in [3.05, 3.63) is 11.6 Å². The highest BCUT2D eigenvalue weighted by atomic mass is 16.8. The number of carbonyl (C=O) groups is 2. The highest BCUT2D eigenvalue weighted by molar-refractivity contribution is 5.79. The average Bonchev–Trinajstić information content (AvgIpc) is 3.51. The van der Waals surface area contributed by atoms with Gasteiger partial charge in [-0.2, -0.15) is 0 Å². The summed E-state index contributed by atoms with van der Waals surface area (Å²) in [7, 11) is 0. The van der Waals surface area contributed by atoms with Gasteiger partial charge in [-0.05, 0) is 116 Å². The number of aliphatic hydroxyl groups is 11. The molecule has 0 aromatic carbocycles. The predicted octanol–water partition coefficient (Wildman–Crippen LogP) is 0.202. The maximum absolute atomic E-state index is 15.2. The minimum Gasteiger partial charge on any atom is -0.463 e. The summed E-state index contributed by atoms with van der Waals surface area (Å²) in [5.41, 5.74) is -0.722. The lowest BCUT2D eigenvalue weighted by molar-refractivity contribution is -0.361. The zero-order valence-electron chi connectivity index (χ0n) is 46.0. The number of allylic oxidation sites excluding steroid dienone is 2. The summed E-state index contributed by atoms with van der Waals surface area (Å²) < 4.78 is 52.7. The van der Waals surface area contributed by atoms with Crippen LogP contribution in [0.3, 0.4) is 0 Å². The number of hydrogen-bond donors (Lipinski definition) is 11. The molecular weight excluding hydrogens is 1010 g/mol. The van der Waals surface area contributed by atoms with Gasteiger partial charge in [-0.3, -0.25) is 9.59 Å². The number of rotatable bonds is 11. The van der Waals surface area contributed by atoms with E-state index in [-0.39, 0.29) is 51.6 Å². The Morgan fingerprint density at radius 3 is 1.96 bits per heavy atom. The number of hydrogen-bond acceptors (Lipinski definition) is 22. The van der Waals surface area contributed by atoms with Crippen LogP contribution in [0.5, 0.6) is 0 Å². The summed E-state index contributed by atoms with van der Waals surface area (Å²) in [4.78, 5) is 27.0. The molecule has 4 saturated heterocycles. The van der Waals surface area contributed by atoms with Crippen LogP contribution in [0.15, 0.2) is 11.6 Å². The van der Waals surface area contributed by atoms with Gasteiger partial charge < -0.3 is 98.8 Å². The van der Waals surface area contributed by atoms with Gasteiger partial charge in [0.15, 0.2) is 18.9 Å². The molecule has 4 aliphatic heterocycles. The van der Waals surface area contributed by atoms with Gasteiger partial charge >= 0.3 is 11.9 Å². The third kappa shape index (κ3) is 10.2. The van der Waals surface area contributed by atoms with E-state index in [9.17, 15) is 61.0 Å². The van der Waals surface area contributed by atoms with E-state index in [0.717, 1.165) is 45.4 Å². The zero-order chi connectivity index (χ0) is 56.3. The number of aliphatic hydroxyl groups excluding tert-OH is 11. The number of esters is 2. The molecule has 0 aromatic rings. The van der Waals surface area contributed by atoms with Crippen molar-refractivity contribution in [1.29, 1.82) is 0 Å². The number of carbonyl (C=O) groups excluding carboxylic acids is 2. The zero-order valence-corrected chi connectivity index (χ0v) is 46.0. The first-order chi connectivity index (χ1) is 35.9. The van der Waals surface area contributed by atoms with Gasteiger partial charge in [-0.1, -0.05) is 60.1 Å². The van der Waals surface area contributed by atoms with Crippen LogP contribution in [0.25, 0.3) is 0 Å². The van der Waals surface area contributed by atoms with Crippen molar-refractivity contribution in [3.63, 3.8) is 0 Å². The van der Waals surface area contributed by atoms with Gasteiger partial charge in [-0.25, -0.2) is 0 Å². The van der Waals surface area contributed by atoms with Crippen molar-refractivity contribution in [2.75, 3.05) is 19.8 Å². The van der Waals surface area contributed by atoms with Gasteiger partial charge in [0, 0.05) is 6.92 Å². The molecule has 22 nitrogen and oxygen atoms in total. The van der Waals surface area contributed by atoms with E-state index in [2.05, 4.69) is 54.5 Å². The van der Waals surface area contributed by atoms with E-state index < -0.39 is 147 Å². The standard InChI is InChI=1S/C55H88O22/c1-24-34(58)37(61)41(65)47(72-24)76-44-30(23-69-25(2)56)74-45(43(67)39(44)63)71-22-29-36(60)38(62)42(66)48(73-29)77-49(68)55-18-16-50(3,4)20-27(55)26-10-11-32-52(7)14-13-33(75-46-40(64)35(59)28(57)21-70-46)51(5,6)31(52)12-15-54(32,9)53(26,8)17-19-55/h10,24,27-48,57-67H,11-23H2,1-9H3/t24-,27-,28-,29+,30+,31?,32?,33-,34-,35-,36+,37+,38-,39+,40+,41+,42+,43+,44+,45+,46-,47-,48-,52-,53+,54+,55-/m0/s1. The van der Waals surface area contributed by atoms with Crippen molar-refractivity contribution in [3.8, 4) is 0 Å². The van der Waals surface area contributed by atoms with E-state index >= 15 is 4.79 Å². The molecule has 0 amide bonds. The SMILES string of the molecule is CC(=O)OC[C@H]1O[C@@H](OC[C@H]2O[C@@H](OC(=O)[C@]34CCC(C)(C)C[C@H]3C3=CCC5[C@@]6(C)CC[C@H](O[C@@H]7OC[C@H](O)[C@H](O)[C@H]7O)C(C)(C)C6CC[C@@]5(C)[C@]3(C)CC4)[C@H](O)[C@@H](O)[C@@H]2O)[C@H](O)[C@@H](O)[C@@H]1O[C@@H]1O[C@@H](C)[C@H](O)[C@@H](O)[C@H]1O. The molecule has 8 fully saturated rings. The van der Waals surface area contributed by atoms with Crippen LogP contribution >= 0.6 is 0 Å². The Hall–Kier alpha value is -2.04. The molecule has 5 aliphatic carbocycles. The highest BCUT2D eigenvalue weighted by Crippen LogP contribution is 2.76. The summed E-state index contributed by atoms with van der Waals surface area (Å²) in [5, 5.41) is 119. The van der Waals surface area contributed by atoms with E-state index in [0.29, 0.717) is 31.6 Å². The molecule has 0 radical (unpaired) electrons. The summed E-state index contributed by atoms with van der Waals surface area (Å²) in [6.07, 6.45) is -20.1. The highest BCUT2D eigenvalue weighted by Gasteiger charge is 2.70. The minimum atomic E-state index is -1.90. The van der Waals surface area contributed by atoms with Gasteiger partial charge in [0.05, 0.1) is 30.8 Å². The second-order valence-electron chi connectivity index (χ2n) is 26.5. The van der Waals surface area contributed by atoms with Crippen LogP contribution < -0.4 is 0 Å². The van der Waals surface area contributed by atoms with Crippen molar-refractivity contribution in [2.24, 2.45) is 50.2 Å². The maximum Gasteiger partial charge on any atom is 0.315 e. The molecule has 4 heterocycles. The van der Waals surface area contributed by atoms with E-state index in [1.165, 1.54) is 12.5 Å². The minimum absolute atomic E-state index is 0.0866. The van der Waals surface area contributed by atoms with Crippen LogP contribution in [0, 0.1) is 50.2 Å². The molecular formula is C55H88O22. The number of ether oxygens (including phenoxy) is 9. The molecule has 9 rings (SSSR count). The summed E-state index contributed by atoms with van der Waals surface area (Å²) in [6.45, 7) is 17.4. The van der Waals surface area contributed by atoms with Crippen LogP contribution in [-0.2, 0) is 52.2 Å². The molecule has 11 N–H and O–H groups in total. The number of fused-ring (bicyclic) bond motifs is 7. The fourth-order valence-corrected chi connectivity index (χ4v) is 16.3. The van der Waals surface area contributed by atoms with Crippen molar-refractivity contribution < 1.29 is 108 Å². The Balaban J connectivity index is 0.898. The quantitative estimate of drug-likeness (QED) is 0.0748. The third-order valence-electron chi connectivity index (χ3n) is 21.2. The molecule has 440 valence electrons. The van der Waals surface area contributed by atoms with Crippen molar-refractivity contribution >= 4 is 11.9 Å². The molecule has 0 bridgehead atoms. The van der Waals surface area contributed by atoms with Crippen molar-refractivity contribution in [2.45, 2.75) is 249 Å². The molecule has 2 unspecified atom stereocenters. The van der Waals surface area contributed by atoms with Crippen LogP contribution in [-0.4, -0.2) is 211 Å². The van der Waals surface area contributed by atoms with Crippen LogP contribution in [0.2, 0.25) is 0 Å². The Morgan fingerprint density at radius 1 is 0.623 bits per heavy atom. The van der Waals surface area contributed by atoms with E-state index in [1.807, 2.05) is 0 Å². The first-order valence-electron chi connectivity index (χ1n) is 28.0. The summed E-state index contributed by atoms with van der Waals surface area (Å²) in [6, 6.07) is 0. The molecule has 77 heavy (non-hydrogen) atoms. The predicted molar refractivity (Wildman–Crippen MR) is 265 cm³/mol. The van der Waals surface area contributed by atoms with Crippen LogP contribution in [0.1, 0.15) is 127 Å². The average molecular weight is 1100 g/mol. The van der Waals surface area contributed by atoms with Gasteiger partial charge in [0.1, 0.15) is 92.1 Å². The fourth-order valence-electron chi connectivity index (χ4n) is 16.3. The Labute approximate surface area is 450 Å². The largest absolute Gasteiger partial charge is 0.463 e. The fraction of sp³-hybridized carbons (Fsp3) is 0.927. The first-order valence-corrected chi connectivity index (χ1v) is 28.0. The first kappa shape index (κ1) is 59.6. The second kappa shape index (κ2) is 21.6. The third-order valence-corrected chi connectivity index (χ3v) is 21.2. The molecule has 0 aromatic heterocycles. The lowest BCUT2D eigenvalue weighted by Gasteiger charge is -2.71. The monoisotopic (exact) mass is 1100 g/mol. The lowest BCUT2D eigenvalue weighted by atomic mass is 9.33. The summed E-state index contributed by atoms with van der Waals surface area (Å²) in [5.74, 6) is -0.975. The molecule has 27 atom stereocenters. The second-order valence-corrected chi connectivity index (χ2v) is 26.5. The van der Waals surface area contributed by atoms with Gasteiger partial charge in [0.25, 0.3) is 0 Å². The topological polar surface area (TPSA) is 340 Å². The van der Waals surface area contributed by atoms with Gasteiger partial charge in [0.2, 0.25) is 6.29 Å². The van der Waals surface area contributed by atoms with E-state index in [1.54, 1.807) is 0 Å². The molecule has 22 heteroatoms. The lowest BCUT2D eigenvalue weighted by Crippen LogP contribution is -2.66. The Morgan fingerprint density at radius 2 is 1.26 bits per heavy atom. The molecule has 0 spiro atoms. The van der Waals surface area contributed by atoms with Crippen molar-refractivity contribution in [1.82, 2.24) is 0 Å². The van der Waals surface area contributed by atoms with Gasteiger partial charge in [-0.15, -0.1) is 0 Å². The maximum atomic E-state index is 15.2. The van der Waals surface area contributed by atoms with E-state index in [4.69, 9.17) is 42.6 Å². The normalized spacial score (nSPS) is 52.4. The summed E-state index contributed by atoms with van der Waals surface area (Å²) >= 11 is 0. The Kier molecular flexibility index (Phi) is 16.7. The molecule has 4 saturated carbocycles. The molecule has 9 aliphatic rings. The smallest absolute Gasteiger partial charge is 0.315 e. The van der Waals surface area contributed by atoms with Crippen LogP contribution in [0.4, 0.5) is 0 Å². The Bertz CT molecular complexity index is 2160.